The number of nitrogens with zero attached hydrogens (tertiary/aromatic N) is 4. The number of carbonyl (C=O) groups excluding carboxylic acids is 1. The van der Waals surface area contributed by atoms with E-state index in [0.29, 0.717) is 32.8 Å². The van der Waals surface area contributed by atoms with Gasteiger partial charge in [-0.1, -0.05) is 12.1 Å². The van der Waals surface area contributed by atoms with Crippen molar-refractivity contribution >= 4 is 11.7 Å². The van der Waals surface area contributed by atoms with E-state index in [1.165, 1.54) is 0 Å². The summed E-state index contributed by atoms with van der Waals surface area (Å²) in [5.74, 6) is 2.44. The van der Waals surface area contributed by atoms with E-state index in [0.717, 1.165) is 39.7 Å². The van der Waals surface area contributed by atoms with Crippen LogP contribution in [0.15, 0.2) is 54.6 Å². The summed E-state index contributed by atoms with van der Waals surface area (Å²) in [7, 11) is 0. The van der Waals surface area contributed by atoms with E-state index in [9.17, 15) is 4.79 Å². The van der Waals surface area contributed by atoms with Crippen molar-refractivity contribution in [3.8, 4) is 22.8 Å². The van der Waals surface area contributed by atoms with Crippen molar-refractivity contribution in [1.82, 2.24) is 15.1 Å². The number of carbonyl (C=O) groups is 1. The minimum atomic E-state index is -0.528. The quantitative estimate of drug-likeness (QED) is 0.524. The van der Waals surface area contributed by atoms with Gasteiger partial charge < -0.3 is 19.3 Å². The van der Waals surface area contributed by atoms with Crippen LogP contribution in [0.5, 0.6) is 11.5 Å². The van der Waals surface area contributed by atoms with Gasteiger partial charge in [0.05, 0.1) is 12.3 Å². The Labute approximate surface area is 201 Å². The second-order valence-corrected chi connectivity index (χ2v) is 8.58. The van der Waals surface area contributed by atoms with Crippen molar-refractivity contribution in [2.24, 2.45) is 0 Å². The van der Waals surface area contributed by atoms with Crippen LogP contribution in [0.1, 0.15) is 25.0 Å². The second-order valence-electron chi connectivity index (χ2n) is 8.58. The highest BCUT2D eigenvalue weighted by Gasteiger charge is 2.27. The zero-order chi connectivity index (χ0) is 24.1. The summed E-state index contributed by atoms with van der Waals surface area (Å²) < 4.78 is 11.5. The topological polar surface area (TPSA) is 67.8 Å². The van der Waals surface area contributed by atoms with E-state index in [1.54, 1.807) is 0 Å². The van der Waals surface area contributed by atoms with Gasteiger partial charge in [-0.2, -0.15) is 0 Å². The molecule has 0 spiro atoms. The first-order valence-corrected chi connectivity index (χ1v) is 11.8. The predicted octanol–water partition coefficient (Wildman–Crippen LogP) is 4.28. The van der Waals surface area contributed by atoms with Crippen molar-refractivity contribution in [2.45, 2.75) is 33.8 Å². The molecule has 1 atom stereocenters. The molecule has 0 saturated carbocycles. The maximum Gasteiger partial charge on any atom is 0.263 e. The van der Waals surface area contributed by atoms with Crippen LogP contribution in [0, 0.1) is 13.8 Å². The lowest BCUT2D eigenvalue weighted by Gasteiger charge is -2.36. The molecule has 1 aliphatic rings. The first-order chi connectivity index (χ1) is 16.4. The molecule has 0 N–H and O–H groups in total. The fraction of sp³-hybridized carbons (Fsp3) is 0.370. The van der Waals surface area contributed by atoms with Gasteiger partial charge in [-0.3, -0.25) is 4.79 Å². The van der Waals surface area contributed by atoms with E-state index >= 15 is 0 Å². The number of piperazine rings is 1. The van der Waals surface area contributed by atoms with E-state index in [-0.39, 0.29) is 5.91 Å². The molecule has 178 valence electrons. The summed E-state index contributed by atoms with van der Waals surface area (Å²) in [4.78, 5) is 17.0. The number of aromatic nitrogens is 2. The number of anilines is 1. The molecule has 4 rings (SSSR count). The van der Waals surface area contributed by atoms with Crippen LogP contribution in [0.2, 0.25) is 0 Å². The average molecular weight is 461 g/mol. The predicted molar refractivity (Wildman–Crippen MR) is 133 cm³/mol. The Morgan fingerprint density at radius 1 is 0.971 bits per heavy atom. The van der Waals surface area contributed by atoms with Gasteiger partial charge in [0.1, 0.15) is 11.5 Å². The van der Waals surface area contributed by atoms with E-state index in [2.05, 4.69) is 15.1 Å². The van der Waals surface area contributed by atoms with Crippen LogP contribution in [-0.2, 0) is 4.79 Å². The van der Waals surface area contributed by atoms with Crippen LogP contribution < -0.4 is 14.4 Å². The number of rotatable bonds is 7. The second kappa shape index (κ2) is 10.5. The van der Waals surface area contributed by atoms with Crippen molar-refractivity contribution in [1.29, 1.82) is 0 Å². The molecular formula is C27H32N4O3. The van der Waals surface area contributed by atoms with Crippen LogP contribution in [0.3, 0.4) is 0 Å². The normalized spacial score (nSPS) is 14.6. The highest BCUT2D eigenvalue weighted by Crippen LogP contribution is 2.23. The molecule has 0 bridgehead atoms. The Balaban J connectivity index is 1.32. The Kier molecular flexibility index (Phi) is 7.30. The summed E-state index contributed by atoms with van der Waals surface area (Å²) in [6.45, 7) is 11.1. The molecule has 1 unspecified atom stereocenters. The number of hydrogen-bond acceptors (Lipinski definition) is 6. The van der Waals surface area contributed by atoms with Crippen LogP contribution >= 0.6 is 0 Å². The van der Waals surface area contributed by atoms with Crippen molar-refractivity contribution in [3.05, 3.63) is 65.7 Å². The van der Waals surface area contributed by atoms with Crippen LogP contribution in [-0.4, -0.2) is 59.9 Å². The SMILES string of the molecule is CCOc1ccc(-c2ccc(N3CCN(C(=O)C(C)Oc4cc(C)ccc4C)CC3)nn2)cc1. The van der Waals surface area contributed by atoms with Gasteiger partial charge in [0.2, 0.25) is 0 Å². The Morgan fingerprint density at radius 3 is 2.35 bits per heavy atom. The van der Waals surface area contributed by atoms with Gasteiger partial charge >= 0.3 is 0 Å². The molecule has 1 fully saturated rings. The lowest BCUT2D eigenvalue weighted by Crippen LogP contribution is -2.52. The van der Waals surface area contributed by atoms with E-state index in [1.807, 2.05) is 87.2 Å². The molecule has 1 aromatic heterocycles. The molecule has 2 aromatic carbocycles. The van der Waals surface area contributed by atoms with Gasteiger partial charge in [0, 0.05) is 31.7 Å². The molecule has 34 heavy (non-hydrogen) atoms. The zero-order valence-corrected chi connectivity index (χ0v) is 20.3. The maximum atomic E-state index is 13.0. The van der Waals surface area contributed by atoms with Crippen LogP contribution in [0.25, 0.3) is 11.3 Å². The Bertz CT molecular complexity index is 1110. The number of aryl methyl sites for hydroxylation is 2. The Hall–Kier alpha value is -3.61. The molecular weight excluding hydrogens is 428 g/mol. The first-order valence-electron chi connectivity index (χ1n) is 11.8. The van der Waals surface area contributed by atoms with Gasteiger partial charge in [-0.25, -0.2) is 0 Å². The smallest absolute Gasteiger partial charge is 0.263 e. The molecule has 0 aliphatic carbocycles. The fourth-order valence-electron chi connectivity index (χ4n) is 4.02. The highest BCUT2D eigenvalue weighted by molar-refractivity contribution is 5.81. The molecule has 1 saturated heterocycles. The minimum Gasteiger partial charge on any atom is -0.494 e. The zero-order valence-electron chi connectivity index (χ0n) is 20.3. The third-order valence-corrected chi connectivity index (χ3v) is 6.02. The third kappa shape index (κ3) is 5.47. The standard InChI is InChI=1S/C27H32N4O3/c1-5-33-23-10-8-22(9-11-23)24-12-13-26(29-28-24)30-14-16-31(17-15-30)27(32)21(4)34-25-18-19(2)6-7-20(25)3/h6-13,18,21H,5,14-17H2,1-4H3. The summed E-state index contributed by atoms with van der Waals surface area (Å²) in [5.41, 5.74) is 3.96. The molecule has 7 heteroatoms. The lowest BCUT2D eigenvalue weighted by molar-refractivity contribution is -0.138. The molecule has 1 amide bonds. The summed E-state index contributed by atoms with van der Waals surface area (Å²) in [6, 6.07) is 17.9. The van der Waals surface area contributed by atoms with Crippen molar-refractivity contribution in [2.75, 3.05) is 37.7 Å². The number of amides is 1. The fourth-order valence-corrected chi connectivity index (χ4v) is 4.02. The van der Waals surface area contributed by atoms with E-state index < -0.39 is 6.10 Å². The van der Waals surface area contributed by atoms with Crippen LogP contribution in [0.4, 0.5) is 5.82 Å². The lowest BCUT2D eigenvalue weighted by atomic mass is 10.1. The first kappa shape index (κ1) is 23.5. The van der Waals surface area contributed by atoms with E-state index in [4.69, 9.17) is 9.47 Å². The number of benzene rings is 2. The summed E-state index contributed by atoms with van der Waals surface area (Å²) in [6.07, 6.45) is -0.528. The number of hydrogen-bond donors (Lipinski definition) is 0. The minimum absolute atomic E-state index is 0.0116. The number of ether oxygens (including phenoxy) is 2. The molecule has 3 aromatic rings. The summed E-state index contributed by atoms with van der Waals surface area (Å²) >= 11 is 0. The van der Waals surface area contributed by atoms with Crippen molar-refractivity contribution in [3.63, 3.8) is 0 Å². The molecule has 7 nitrogen and oxygen atoms in total. The van der Waals surface area contributed by atoms with Gasteiger partial charge in [-0.15, -0.1) is 10.2 Å². The third-order valence-electron chi connectivity index (χ3n) is 6.02. The van der Waals surface area contributed by atoms with Crippen molar-refractivity contribution < 1.29 is 14.3 Å². The largest absolute Gasteiger partial charge is 0.494 e. The molecule has 0 radical (unpaired) electrons. The molecule has 1 aliphatic heterocycles. The average Bonchev–Trinajstić information content (AvgIpc) is 2.87. The molecule has 2 heterocycles. The maximum absolute atomic E-state index is 13.0. The van der Waals surface area contributed by atoms with Gasteiger partial charge in [-0.05, 0) is 81.3 Å². The monoisotopic (exact) mass is 460 g/mol. The van der Waals surface area contributed by atoms with Gasteiger partial charge in [0.15, 0.2) is 11.9 Å². The van der Waals surface area contributed by atoms with Gasteiger partial charge in [0.25, 0.3) is 5.91 Å². The summed E-state index contributed by atoms with van der Waals surface area (Å²) in [5, 5.41) is 8.84. The highest BCUT2D eigenvalue weighted by atomic mass is 16.5. The Morgan fingerprint density at radius 2 is 1.71 bits per heavy atom.